The average molecular weight is 388 g/mol. The van der Waals surface area contributed by atoms with E-state index in [4.69, 9.17) is 0 Å². The summed E-state index contributed by atoms with van der Waals surface area (Å²) >= 11 is 0. The first-order chi connectivity index (χ1) is 12.8. The van der Waals surface area contributed by atoms with Gasteiger partial charge >= 0.3 is 0 Å². The van der Waals surface area contributed by atoms with E-state index in [2.05, 4.69) is 4.90 Å². The van der Waals surface area contributed by atoms with Crippen LogP contribution in [-0.4, -0.2) is 63.6 Å². The molecule has 7 heteroatoms. The van der Waals surface area contributed by atoms with Gasteiger partial charge in [-0.1, -0.05) is 30.3 Å². The number of carbonyl (C=O) groups excluding carboxylic acids is 1. The molecular weight excluding hydrogens is 362 g/mol. The number of carbonyl (C=O) groups is 1. The summed E-state index contributed by atoms with van der Waals surface area (Å²) in [6.07, 6.45) is 1.19. The molecule has 1 saturated heterocycles. The van der Waals surface area contributed by atoms with Gasteiger partial charge in [0.25, 0.3) is 5.91 Å². The normalized spacial score (nSPS) is 15.6. The van der Waals surface area contributed by atoms with Crippen LogP contribution in [0.4, 0.5) is 5.69 Å². The van der Waals surface area contributed by atoms with Gasteiger partial charge in [-0.05, 0) is 36.9 Å². The van der Waals surface area contributed by atoms with Crippen LogP contribution in [0.5, 0.6) is 0 Å². The molecule has 1 aliphatic heterocycles. The van der Waals surface area contributed by atoms with E-state index in [1.165, 1.54) is 10.6 Å². The highest BCUT2D eigenvalue weighted by molar-refractivity contribution is 7.92. The van der Waals surface area contributed by atoms with E-state index in [0.717, 1.165) is 18.7 Å². The zero-order valence-electron chi connectivity index (χ0n) is 15.7. The molecule has 1 amide bonds. The fourth-order valence-electron chi connectivity index (χ4n) is 3.11. The van der Waals surface area contributed by atoms with Gasteiger partial charge in [0.1, 0.15) is 0 Å². The van der Waals surface area contributed by atoms with Gasteiger partial charge in [-0.2, -0.15) is 0 Å². The molecule has 1 aliphatic rings. The second-order valence-electron chi connectivity index (χ2n) is 6.90. The first-order valence-corrected chi connectivity index (χ1v) is 10.8. The quantitative estimate of drug-likeness (QED) is 0.788. The molecule has 0 saturated carbocycles. The van der Waals surface area contributed by atoms with E-state index in [-0.39, 0.29) is 12.5 Å². The first kappa shape index (κ1) is 19.4. The number of piperazine rings is 1. The largest absolute Gasteiger partial charge is 0.336 e. The summed E-state index contributed by atoms with van der Waals surface area (Å²) in [5.41, 5.74) is 2.04. The number of likely N-dealkylation sites (N-methyl/N-ethyl adjacent to an activating group) is 1. The van der Waals surface area contributed by atoms with Crippen LogP contribution in [-0.2, 0) is 16.6 Å². The van der Waals surface area contributed by atoms with Gasteiger partial charge < -0.3 is 9.80 Å². The van der Waals surface area contributed by atoms with Crippen LogP contribution >= 0.6 is 0 Å². The lowest BCUT2D eigenvalue weighted by Crippen LogP contribution is -2.47. The minimum Gasteiger partial charge on any atom is -0.336 e. The van der Waals surface area contributed by atoms with Crippen LogP contribution in [0.2, 0.25) is 0 Å². The molecule has 27 heavy (non-hydrogen) atoms. The number of nitrogens with zero attached hydrogens (tertiary/aromatic N) is 3. The SMILES string of the molecule is CN1CCN(C(=O)c2ccc(N(Cc3ccccc3)S(C)(=O)=O)cc2)CC1. The Morgan fingerprint density at radius 3 is 2.11 bits per heavy atom. The minimum absolute atomic E-state index is 0.0105. The van der Waals surface area contributed by atoms with Crippen molar-refractivity contribution < 1.29 is 13.2 Å². The second-order valence-corrected chi connectivity index (χ2v) is 8.80. The van der Waals surface area contributed by atoms with Crippen LogP contribution in [0.3, 0.4) is 0 Å². The lowest BCUT2D eigenvalue weighted by Gasteiger charge is -2.32. The monoisotopic (exact) mass is 387 g/mol. The summed E-state index contributed by atoms with van der Waals surface area (Å²) in [5, 5.41) is 0. The Balaban J connectivity index is 1.78. The molecule has 2 aromatic carbocycles. The standard InChI is InChI=1S/C20H25N3O3S/c1-21-12-14-22(15-13-21)20(24)18-8-10-19(11-9-18)23(27(2,25)26)16-17-6-4-3-5-7-17/h3-11H,12-16H2,1-2H3. The zero-order valence-corrected chi connectivity index (χ0v) is 16.5. The topological polar surface area (TPSA) is 60.9 Å². The third-order valence-electron chi connectivity index (χ3n) is 4.76. The molecule has 6 nitrogen and oxygen atoms in total. The number of hydrogen-bond donors (Lipinski definition) is 0. The van der Waals surface area contributed by atoms with Crippen molar-refractivity contribution in [1.82, 2.24) is 9.80 Å². The molecule has 0 bridgehead atoms. The van der Waals surface area contributed by atoms with Crippen molar-refractivity contribution in [2.24, 2.45) is 0 Å². The number of rotatable bonds is 5. The number of sulfonamides is 1. The predicted molar refractivity (Wildman–Crippen MR) is 107 cm³/mol. The summed E-state index contributed by atoms with van der Waals surface area (Å²) < 4.78 is 25.9. The third kappa shape index (κ3) is 4.87. The fourth-order valence-corrected chi connectivity index (χ4v) is 4.00. The maximum atomic E-state index is 12.7. The molecule has 0 aromatic heterocycles. The Morgan fingerprint density at radius 1 is 0.963 bits per heavy atom. The molecule has 0 N–H and O–H groups in total. The van der Waals surface area contributed by atoms with Gasteiger partial charge in [-0.3, -0.25) is 9.10 Å². The van der Waals surface area contributed by atoms with Crippen molar-refractivity contribution >= 4 is 21.6 Å². The molecule has 0 spiro atoms. The van der Waals surface area contributed by atoms with Crippen molar-refractivity contribution in [3.05, 3.63) is 65.7 Å². The van der Waals surface area contributed by atoms with Crippen LogP contribution < -0.4 is 4.31 Å². The van der Waals surface area contributed by atoms with Gasteiger partial charge in [0.2, 0.25) is 10.0 Å². The molecule has 1 heterocycles. The van der Waals surface area contributed by atoms with Crippen molar-refractivity contribution in [3.63, 3.8) is 0 Å². The van der Waals surface area contributed by atoms with Crippen molar-refractivity contribution in [3.8, 4) is 0 Å². The highest BCUT2D eigenvalue weighted by Crippen LogP contribution is 2.22. The number of benzene rings is 2. The number of anilines is 1. The van der Waals surface area contributed by atoms with E-state index in [9.17, 15) is 13.2 Å². The molecule has 0 unspecified atom stereocenters. The lowest BCUT2D eigenvalue weighted by atomic mass is 10.1. The lowest BCUT2D eigenvalue weighted by molar-refractivity contribution is 0.0664. The highest BCUT2D eigenvalue weighted by atomic mass is 32.2. The Kier molecular flexibility index (Phi) is 5.82. The summed E-state index contributed by atoms with van der Waals surface area (Å²) in [6, 6.07) is 16.3. The third-order valence-corrected chi connectivity index (χ3v) is 5.90. The molecule has 1 fully saturated rings. The van der Waals surface area contributed by atoms with Gasteiger partial charge in [-0.25, -0.2) is 8.42 Å². The second kappa shape index (κ2) is 8.10. The van der Waals surface area contributed by atoms with E-state index >= 15 is 0 Å². The Bertz CT molecular complexity index is 874. The Morgan fingerprint density at radius 2 is 1.56 bits per heavy atom. The molecule has 2 aromatic rings. The molecule has 0 radical (unpaired) electrons. The van der Waals surface area contributed by atoms with E-state index in [1.807, 2.05) is 42.3 Å². The van der Waals surface area contributed by atoms with Gasteiger partial charge in [0.05, 0.1) is 18.5 Å². The fraction of sp³-hybridized carbons (Fsp3) is 0.350. The van der Waals surface area contributed by atoms with Gasteiger partial charge in [0, 0.05) is 31.7 Å². The summed E-state index contributed by atoms with van der Waals surface area (Å²) in [7, 11) is -1.40. The van der Waals surface area contributed by atoms with Crippen molar-refractivity contribution in [2.75, 3.05) is 43.8 Å². The number of amides is 1. The van der Waals surface area contributed by atoms with Crippen LogP contribution in [0.1, 0.15) is 15.9 Å². The Labute approximate surface area is 161 Å². The predicted octanol–water partition coefficient (Wildman–Crippen LogP) is 2.04. The van der Waals surface area contributed by atoms with E-state index in [1.54, 1.807) is 24.3 Å². The Hall–Kier alpha value is -2.38. The minimum atomic E-state index is -3.44. The van der Waals surface area contributed by atoms with E-state index < -0.39 is 10.0 Å². The number of hydrogen-bond acceptors (Lipinski definition) is 4. The molecule has 0 aliphatic carbocycles. The van der Waals surface area contributed by atoms with Crippen molar-refractivity contribution in [2.45, 2.75) is 6.54 Å². The molecule has 3 rings (SSSR count). The van der Waals surface area contributed by atoms with Gasteiger partial charge in [0.15, 0.2) is 0 Å². The van der Waals surface area contributed by atoms with Crippen LogP contribution in [0, 0.1) is 0 Å². The highest BCUT2D eigenvalue weighted by Gasteiger charge is 2.22. The van der Waals surface area contributed by atoms with Gasteiger partial charge in [-0.15, -0.1) is 0 Å². The maximum absolute atomic E-state index is 12.7. The van der Waals surface area contributed by atoms with Crippen LogP contribution in [0.15, 0.2) is 54.6 Å². The summed E-state index contributed by atoms with van der Waals surface area (Å²) in [6.45, 7) is 3.40. The first-order valence-electron chi connectivity index (χ1n) is 8.94. The van der Waals surface area contributed by atoms with E-state index in [0.29, 0.717) is 24.3 Å². The smallest absolute Gasteiger partial charge is 0.253 e. The van der Waals surface area contributed by atoms with Crippen LogP contribution in [0.25, 0.3) is 0 Å². The molecule has 144 valence electrons. The molecule has 0 atom stereocenters. The molecular formula is C20H25N3O3S. The summed E-state index contributed by atoms with van der Waals surface area (Å²) in [5.74, 6) is -0.0105. The van der Waals surface area contributed by atoms with Crippen molar-refractivity contribution in [1.29, 1.82) is 0 Å². The summed E-state index contributed by atoms with van der Waals surface area (Å²) in [4.78, 5) is 16.7. The zero-order chi connectivity index (χ0) is 19.4. The maximum Gasteiger partial charge on any atom is 0.253 e. The average Bonchev–Trinajstić information content (AvgIpc) is 2.66.